The second-order valence-corrected chi connectivity index (χ2v) is 14.6. The van der Waals surface area contributed by atoms with E-state index in [0.717, 1.165) is 13.8 Å². The SMILES string of the molecule is C=C[C@@]1(C)C[C@@H](OC(=O)c2ccccc2)[C@H]2[C@](O)(C1=O)[C@H](OC(C)=O)C[C@H]1C(C)(C)[C@H](O)[C@H](OC(=O)c3ccccc3)[C@H](OC(C)=O)[C@@]12C. The summed E-state index contributed by atoms with van der Waals surface area (Å²) in [4.78, 5) is 67.3. The summed E-state index contributed by atoms with van der Waals surface area (Å²) in [5.41, 5.74) is -6.29. The van der Waals surface area contributed by atoms with Gasteiger partial charge in [-0.1, -0.05) is 63.2 Å². The molecule has 3 aliphatic carbocycles. The molecule has 0 aliphatic heterocycles. The van der Waals surface area contributed by atoms with Crippen LogP contribution in [0.4, 0.5) is 0 Å². The highest BCUT2D eigenvalue weighted by atomic mass is 16.6. The summed E-state index contributed by atoms with van der Waals surface area (Å²) < 4.78 is 23.9. The van der Waals surface area contributed by atoms with Crippen molar-refractivity contribution in [2.24, 2.45) is 28.1 Å². The van der Waals surface area contributed by atoms with Crippen molar-refractivity contribution >= 4 is 29.7 Å². The molecule has 0 spiro atoms. The zero-order valence-corrected chi connectivity index (χ0v) is 28.6. The quantitative estimate of drug-likeness (QED) is 0.245. The van der Waals surface area contributed by atoms with E-state index in [1.165, 1.54) is 18.2 Å². The molecule has 3 fully saturated rings. The first-order chi connectivity index (χ1) is 22.9. The lowest BCUT2D eigenvalue weighted by molar-refractivity contribution is -0.314. The Bertz CT molecular complexity index is 1640. The number of hydrogen-bond acceptors (Lipinski definition) is 11. The molecule has 0 saturated heterocycles. The fraction of sp³-hybridized carbons (Fsp3) is 0.500. The predicted octanol–water partition coefficient (Wildman–Crippen LogP) is 4.24. The molecule has 0 unspecified atom stereocenters. The van der Waals surface area contributed by atoms with Crippen LogP contribution < -0.4 is 0 Å². The third kappa shape index (κ3) is 5.86. The number of allylic oxidation sites excluding steroid dienone is 1. The summed E-state index contributed by atoms with van der Waals surface area (Å²) in [6.45, 7) is 12.9. The highest BCUT2D eigenvalue weighted by Gasteiger charge is 2.78. The summed E-state index contributed by atoms with van der Waals surface area (Å²) in [5.74, 6) is -5.97. The maximum absolute atomic E-state index is 14.6. The Hall–Kier alpha value is -4.35. The number of carbonyl (C=O) groups is 5. The van der Waals surface area contributed by atoms with Gasteiger partial charge in [-0.3, -0.25) is 14.4 Å². The summed E-state index contributed by atoms with van der Waals surface area (Å²) in [7, 11) is 0. The Morgan fingerprint density at radius 2 is 1.33 bits per heavy atom. The van der Waals surface area contributed by atoms with E-state index in [2.05, 4.69) is 6.58 Å². The number of benzene rings is 2. The van der Waals surface area contributed by atoms with Crippen molar-refractivity contribution in [3.8, 4) is 0 Å². The summed E-state index contributed by atoms with van der Waals surface area (Å²) in [6, 6.07) is 16.2. The Labute approximate surface area is 285 Å². The van der Waals surface area contributed by atoms with Crippen LogP contribution in [0.25, 0.3) is 0 Å². The molecular formula is C38H44O11. The van der Waals surface area contributed by atoms with Crippen LogP contribution >= 0.6 is 0 Å². The first kappa shape index (κ1) is 35.9. The Kier molecular flexibility index (Phi) is 9.42. The van der Waals surface area contributed by atoms with Crippen LogP contribution in [-0.4, -0.2) is 76.0 Å². The van der Waals surface area contributed by atoms with Crippen LogP contribution in [0.1, 0.15) is 75.1 Å². The summed E-state index contributed by atoms with van der Waals surface area (Å²) in [6.07, 6.45) is -5.99. The molecule has 49 heavy (non-hydrogen) atoms. The van der Waals surface area contributed by atoms with Gasteiger partial charge in [-0.15, -0.1) is 6.58 Å². The van der Waals surface area contributed by atoms with Gasteiger partial charge < -0.3 is 29.2 Å². The van der Waals surface area contributed by atoms with E-state index in [4.69, 9.17) is 18.9 Å². The van der Waals surface area contributed by atoms with Crippen molar-refractivity contribution in [2.75, 3.05) is 0 Å². The summed E-state index contributed by atoms with van der Waals surface area (Å²) in [5, 5.41) is 24.9. The van der Waals surface area contributed by atoms with E-state index in [-0.39, 0.29) is 24.0 Å². The maximum atomic E-state index is 14.6. The molecule has 11 nitrogen and oxygen atoms in total. The highest BCUT2D eigenvalue weighted by Crippen LogP contribution is 2.67. The first-order valence-corrected chi connectivity index (χ1v) is 16.4. The standard InChI is InChI=1S/C38H44O11/c1-8-36(6)20-25(48-32(42)23-15-11-9-12-16-23)29-37(7)26(19-27(46-21(2)39)38(29,45)34(36)44)35(4,5)30(41)28(31(37)47-22(3)40)49-33(43)24-17-13-10-14-18-24/h8-18,25-31,41,45H,1,19-20H2,2-7H3/t25-,26+,27-,28+,29-,30-,31+,36+,37+,38+/m1/s1. The molecule has 0 bridgehead atoms. The van der Waals surface area contributed by atoms with E-state index in [1.54, 1.807) is 76.2 Å². The van der Waals surface area contributed by atoms with Crippen LogP contribution in [0.5, 0.6) is 0 Å². The molecule has 0 amide bonds. The lowest BCUT2D eigenvalue weighted by atomic mass is 9.38. The van der Waals surface area contributed by atoms with Crippen molar-refractivity contribution in [3.05, 3.63) is 84.4 Å². The number of carbonyl (C=O) groups excluding carboxylic acids is 5. The predicted molar refractivity (Wildman–Crippen MR) is 175 cm³/mol. The van der Waals surface area contributed by atoms with Gasteiger partial charge in [0.05, 0.1) is 16.5 Å². The smallest absolute Gasteiger partial charge is 0.338 e. The van der Waals surface area contributed by atoms with E-state index < -0.39 is 93.9 Å². The molecule has 11 heteroatoms. The zero-order chi connectivity index (χ0) is 36.1. The van der Waals surface area contributed by atoms with Gasteiger partial charge in [0, 0.05) is 31.6 Å². The van der Waals surface area contributed by atoms with Gasteiger partial charge in [0.2, 0.25) is 0 Å². The van der Waals surface area contributed by atoms with Crippen molar-refractivity contribution in [1.29, 1.82) is 0 Å². The van der Waals surface area contributed by atoms with E-state index in [0.29, 0.717) is 0 Å². The fourth-order valence-electron chi connectivity index (χ4n) is 8.89. The molecule has 0 radical (unpaired) electrons. The molecule has 2 aromatic rings. The largest absolute Gasteiger partial charge is 0.459 e. The fourth-order valence-corrected chi connectivity index (χ4v) is 8.89. The van der Waals surface area contributed by atoms with Gasteiger partial charge in [-0.05, 0) is 48.9 Å². The molecule has 0 aromatic heterocycles. The third-order valence-electron chi connectivity index (χ3n) is 11.2. The van der Waals surface area contributed by atoms with E-state index in [1.807, 2.05) is 0 Å². The van der Waals surface area contributed by atoms with Gasteiger partial charge >= 0.3 is 23.9 Å². The average Bonchev–Trinajstić information content (AvgIpc) is 3.05. The average molecular weight is 677 g/mol. The Balaban J connectivity index is 1.75. The Morgan fingerprint density at radius 3 is 1.82 bits per heavy atom. The topological polar surface area (TPSA) is 163 Å². The number of aliphatic hydroxyl groups is 2. The molecule has 2 N–H and O–H groups in total. The minimum Gasteiger partial charge on any atom is -0.459 e. The molecular weight excluding hydrogens is 632 g/mol. The second kappa shape index (κ2) is 12.8. The lowest BCUT2D eigenvalue weighted by Crippen LogP contribution is -2.80. The van der Waals surface area contributed by atoms with Crippen LogP contribution in [0.3, 0.4) is 0 Å². The number of esters is 4. The molecule has 2 aromatic carbocycles. The van der Waals surface area contributed by atoms with Gasteiger partial charge in [0.15, 0.2) is 17.5 Å². The van der Waals surface area contributed by atoms with Gasteiger partial charge in [-0.2, -0.15) is 0 Å². The van der Waals surface area contributed by atoms with Crippen molar-refractivity contribution < 1.29 is 53.1 Å². The maximum Gasteiger partial charge on any atom is 0.338 e. The van der Waals surface area contributed by atoms with Crippen LogP contribution in [-0.2, 0) is 33.3 Å². The zero-order valence-electron chi connectivity index (χ0n) is 28.6. The minimum atomic E-state index is -2.51. The number of rotatable bonds is 7. The number of hydrogen-bond donors (Lipinski definition) is 2. The number of ketones is 1. The minimum absolute atomic E-state index is 0.125. The highest BCUT2D eigenvalue weighted by molar-refractivity contribution is 5.97. The van der Waals surface area contributed by atoms with Gasteiger partial charge in [0.1, 0.15) is 24.4 Å². The summed E-state index contributed by atoms with van der Waals surface area (Å²) >= 11 is 0. The number of aliphatic hydroxyl groups excluding tert-OH is 1. The van der Waals surface area contributed by atoms with Crippen molar-refractivity contribution in [3.63, 3.8) is 0 Å². The first-order valence-electron chi connectivity index (χ1n) is 16.4. The Morgan fingerprint density at radius 1 is 0.816 bits per heavy atom. The normalized spacial score (nSPS) is 36.2. The molecule has 10 atom stereocenters. The van der Waals surface area contributed by atoms with Crippen molar-refractivity contribution in [2.45, 2.75) is 90.5 Å². The van der Waals surface area contributed by atoms with Crippen LogP contribution in [0, 0.1) is 28.1 Å². The second-order valence-electron chi connectivity index (χ2n) is 14.6. The third-order valence-corrected chi connectivity index (χ3v) is 11.2. The van der Waals surface area contributed by atoms with Crippen molar-refractivity contribution in [1.82, 2.24) is 0 Å². The van der Waals surface area contributed by atoms with E-state index in [9.17, 15) is 34.2 Å². The van der Waals surface area contributed by atoms with Gasteiger partial charge in [0.25, 0.3) is 0 Å². The van der Waals surface area contributed by atoms with Gasteiger partial charge in [-0.25, -0.2) is 9.59 Å². The molecule has 3 saturated carbocycles. The monoisotopic (exact) mass is 676 g/mol. The number of Topliss-reactive ketones (excluding diaryl/α,β-unsaturated/α-hetero) is 1. The van der Waals surface area contributed by atoms with Crippen LogP contribution in [0.15, 0.2) is 73.3 Å². The molecule has 5 rings (SSSR count). The number of ether oxygens (including phenoxy) is 4. The van der Waals surface area contributed by atoms with Crippen LogP contribution in [0.2, 0.25) is 0 Å². The molecule has 3 aliphatic rings. The van der Waals surface area contributed by atoms with E-state index >= 15 is 0 Å². The number of fused-ring (bicyclic) bond motifs is 3. The molecule has 262 valence electrons. The molecule has 0 heterocycles. The lowest BCUT2D eigenvalue weighted by Gasteiger charge is -2.69.